The number of rotatable bonds is 7. The fraction of sp³-hybridized carbons (Fsp3) is 0.348. The largest absolute Gasteiger partial charge is 0.493 e. The first-order valence-corrected chi connectivity index (χ1v) is 9.78. The van der Waals surface area contributed by atoms with Crippen LogP contribution < -0.4 is 9.47 Å². The fourth-order valence-electron chi connectivity index (χ4n) is 3.54. The Hall–Kier alpha value is -2.79. The Morgan fingerprint density at radius 2 is 1.96 bits per heavy atom. The van der Waals surface area contributed by atoms with Gasteiger partial charge in [-0.1, -0.05) is 30.3 Å². The van der Waals surface area contributed by atoms with Gasteiger partial charge in [0.05, 0.1) is 25.1 Å². The molecule has 0 spiro atoms. The summed E-state index contributed by atoms with van der Waals surface area (Å²) >= 11 is 0. The SMILES string of the molecule is COc1ccc(-c2cc(C)nn2CCc2ccccc2)cc1OC1CCCO1. The number of benzene rings is 2. The van der Waals surface area contributed by atoms with Gasteiger partial charge in [0.25, 0.3) is 0 Å². The molecule has 0 amide bonds. The highest BCUT2D eigenvalue weighted by atomic mass is 16.7. The van der Waals surface area contributed by atoms with Crippen LogP contribution >= 0.6 is 0 Å². The van der Waals surface area contributed by atoms with E-state index in [-0.39, 0.29) is 6.29 Å². The van der Waals surface area contributed by atoms with Crippen LogP contribution in [0.5, 0.6) is 11.5 Å². The van der Waals surface area contributed by atoms with Crippen molar-refractivity contribution < 1.29 is 14.2 Å². The summed E-state index contributed by atoms with van der Waals surface area (Å²) in [6, 6.07) is 18.6. The van der Waals surface area contributed by atoms with Gasteiger partial charge in [-0.25, -0.2) is 0 Å². The van der Waals surface area contributed by atoms with E-state index in [2.05, 4.69) is 41.1 Å². The lowest BCUT2D eigenvalue weighted by molar-refractivity contribution is -0.0402. The van der Waals surface area contributed by atoms with Crippen LogP contribution in [-0.4, -0.2) is 29.8 Å². The van der Waals surface area contributed by atoms with Gasteiger partial charge in [-0.2, -0.15) is 5.10 Å². The highest BCUT2D eigenvalue weighted by Crippen LogP contribution is 2.34. The minimum atomic E-state index is -0.200. The standard InChI is InChI=1S/C23H26N2O3/c1-17-15-20(25(24-17)13-12-18-7-4-3-5-8-18)19-10-11-21(26-2)22(16-19)28-23-9-6-14-27-23/h3-5,7-8,10-11,15-16,23H,6,9,12-14H2,1-2H3. The number of hydrogen-bond donors (Lipinski definition) is 0. The van der Waals surface area contributed by atoms with Gasteiger partial charge >= 0.3 is 0 Å². The molecule has 3 aromatic rings. The molecule has 5 nitrogen and oxygen atoms in total. The van der Waals surface area contributed by atoms with Gasteiger partial charge in [-0.3, -0.25) is 4.68 Å². The van der Waals surface area contributed by atoms with Crippen LogP contribution in [0.4, 0.5) is 0 Å². The third-order valence-corrected chi connectivity index (χ3v) is 4.96. The number of nitrogens with zero attached hydrogens (tertiary/aromatic N) is 2. The van der Waals surface area contributed by atoms with Crippen molar-refractivity contribution in [3.8, 4) is 22.8 Å². The molecular formula is C23H26N2O3. The molecule has 5 heteroatoms. The molecular weight excluding hydrogens is 352 g/mol. The Balaban J connectivity index is 1.59. The van der Waals surface area contributed by atoms with Crippen LogP contribution in [0.25, 0.3) is 11.3 Å². The van der Waals surface area contributed by atoms with Gasteiger partial charge in [-0.05, 0) is 49.6 Å². The lowest BCUT2D eigenvalue weighted by Gasteiger charge is -2.17. The number of hydrogen-bond acceptors (Lipinski definition) is 4. The molecule has 0 radical (unpaired) electrons. The summed E-state index contributed by atoms with van der Waals surface area (Å²) in [5.41, 5.74) is 4.44. The second kappa shape index (κ2) is 8.48. The maximum absolute atomic E-state index is 6.06. The third-order valence-electron chi connectivity index (χ3n) is 4.96. The summed E-state index contributed by atoms with van der Waals surface area (Å²) in [5.74, 6) is 1.42. The van der Waals surface area contributed by atoms with E-state index in [4.69, 9.17) is 19.3 Å². The van der Waals surface area contributed by atoms with Gasteiger partial charge in [0, 0.05) is 18.5 Å². The quantitative estimate of drug-likeness (QED) is 0.602. The van der Waals surface area contributed by atoms with Crippen molar-refractivity contribution in [3.63, 3.8) is 0 Å². The Labute approximate surface area is 165 Å². The van der Waals surface area contributed by atoms with Crippen molar-refractivity contribution in [2.45, 2.75) is 39.0 Å². The highest BCUT2D eigenvalue weighted by molar-refractivity contribution is 5.64. The summed E-state index contributed by atoms with van der Waals surface area (Å²) in [6.45, 7) is 3.59. The molecule has 0 aliphatic carbocycles. The maximum atomic E-state index is 6.06. The molecule has 2 heterocycles. The number of aromatic nitrogens is 2. The minimum absolute atomic E-state index is 0.200. The number of methoxy groups -OCH3 is 1. The van der Waals surface area contributed by atoms with E-state index in [1.54, 1.807) is 7.11 Å². The van der Waals surface area contributed by atoms with E-state index in [0.29, 0.717) is 11.5 Å². The molecule has 28 heavy (non-hydrogen) atoms. The zero-order valence-electron chi connectivity index (χ0n) is 16.4. The second-order valence-corrected chi connectivity index (χ2v) is 7.06. The Kier molecular flexibility index (Phi) is 5.63. The number of aryl methyl sites for hydroxylation is 3. The van der Waals surface area contributed by atoms with Gasteiger partial charge in [0.1, 0.15) is 0 Å². The topological polar surface area (TPSA) is 45.5 Å². The molecule has 146 valence electrons. The van der Waals surface area contributed by atoms with Gasteiger partial charge in [0.15, 0.2) is 17.8 Å². The molecule has 1 fully saturated rings. The van der Waals surface area contributed by atoms with Crippen molar-refractivity contribution >= 4 is 0 Å². The average molecular weight is 378 g/mol. The molecule has 2 aromatic carbocycles. The predicted octanol–water partition coefficient (Wildman–Crippen LogP) is 4.63. The van der Waals surface area contributed by atoms with Crippen molar-refractivity contribution in [2.24, 2.45) is 0 Å². The maximum Gasteiger partial charge on any atom is 0.200 e. The molecule has 1 aromatic heterocycles. The van der Waals surface area contributed by atoms with Crippen LogP contribution in [0.15, 0.2) is 54.6 Å². The normalized spacial score (nSPS) is 16.3. The van der Waals surface area contributed by atoms with Crippen LogP contribution in [-0.2, 0) is 17.7 Å². The first-order chi connectivity index (χ1) is 13.7. The molecule has 1 aliphatic heterocycles. The second-order valence-electron chi connectivity index (χ2n) is 7.06. The first kappa shape index (κ1) is 18.6. The molecule has 1 saturated heterocycles. The molecule has 1 aliphatic rings. The molecule has 1 unspecified atom stereocenters. The Morgan fingerprint density at radius 1 is 1.11 bits per heavy atom. The molecule has 0 N–H and O–H groups in total. The van der Waals surface area contributed by atoms with E-state index in [9.17, 15) is 0 Å². The Morgan fingerprint density at radius 3 is 2.71 bits per heavy atom. The van der Waals surface area contributed by atoms with E-state index < -0.39 is 0 Å². The summed E-state index contributed by atoms with van der Waals surface area (Å²) in [6.07, 6.45) is 2.66. The van der Waals surface area contributed by atoms with Gasteiger partial charge in [-0.15, -0.1) is 0 Å². The summed E-state index contributed by atoms with van der Waals surface area (Å²) in [7, 11) is 1.66. The number of ether oxygens (including phenoxy) is 3. The van der Waals surface area contributed by atoms with Gasteiger partial charge < -0.3 is 14.2 Å². The third kappa shape index (κ3) is 4.20. The van der Waals surface area contributed by atoms with Crippen molar-refractivity contribution in [1.29, 1.82) is 0 Å². The van der Waals surface area contributed by atoms with Crippen molar-refractivity contribution in [3.05, 3.63) is 65.9 Å². The lowest BCUT2D eigenvalue weighted by Crippen LogP contribution is -2.14. The van der Waals surface area contributed by atoms with Crippen molar-refractivity contribution in [2.75, 3.05) is 13.7 Å². The monoisotopic (exact) mass is 378 g/mol. The molecule has 1 atom stereocenters. The lowest BCUT2D eigenvalue weighted by atomic mass is 10.1. The van der Waals surface area contributed by atoms with Crippen LogP contribution in [0, 0.1) is 6.92 Å². The summed E-state index contributed by atoms with van der Waals surface area (Å²) in [5, 5.41) is 4.70. The zero-order chi connectivity index (χ0) is 19.3. The fourth-order valence-corrected chi connectivity index (χ4v) is 3.54. The van der Waals surface area contributed by atoms with Crippen LogP contribution in [0.3, 0.4) is 0 Å². The van der Waals surface area contributed by atoms with E-state index in [0.717, 1.165) is 49.4 Å². The van der Waals surface area contributed by atoms with E-state index >= 15 is 0 Å². The minimum Gasteiger partial charge on any atom is -0.493 e. The van der Waals surface area contributed by atoms with Crippen molar-refractivity contribution in [1.82, 2.24) is 9.78 Å². The average Bonchev–Trinajstić information content (AvgIpc) is 3.36. The van der Waals surface area contributed by atoms with Crippen LogP contribution in [0.1, 0.15) is 24.1 Å². The molecule has 4 rings (SSSR count). The highest BCUT2D eigenvalue weighted by Gasteiger charge is 2.20. The zero-order valence-corrected chi connectivity index (χ0v) is 16.4. The van der Waals surface area contributed by atoms with Crippen LogP contribution in [0.2, 0.25) is 0 Å². The summed E-state index contributed by atoms with van der Waals surface area (Å²) in [4.78, 5) is 0. The van der Waals surface area contributed by atoms with E-state index in [1.165, 1.54) is 5.56 Å². The Bertz CT molecular complexity index is 915. The molecule has 0 saturated carbocycles. The summed E-state index contributed by atoms with van der Waals surface area (Å²) < 4.78 is 19.2. The van der Waals surface area contributed by atoms with Gasteiger partial charge in [0.2, 0.25) is 0 Å². The first-order valence-electron chi connectivity index (χ1n) is 9.78. The van der Waals surface area contributed by atoms with E-state index in [1.807, 2.05) is 25.1 Å². The molecule has 0 bridgehead atoms. The smallest absolute Gasteiger partial charge is 0.200 e. The predicted molar refractivity (Wildman–Crippen MR) is 109 cm³/mol.